The highest BCUT2D eigenvalue weighted by molar-refractivity contribution is 7.17. The summed E-state index contributed by atoms with van der Waals surface area (Å²) in [5, 5.41) is 0. The maximum atomic E-state index is 12.9. The zero-order valence-electron chi connectivity index (χ0n) is 15.0. The van der Waals surface area contributed by atoms with E-state index in [2.05, 4.69) is 17.0 Å². The largest absolute Gasteiger partial charge is 0.492 e. The fourth-order valence-corrected chi connectivity index (χ4v) is 4.20. The number of likely N-dealkylation sites (N-methyl/N-ethyl adjacent to an activating group) is 1. The van der Waals surface area contributed by atoms with Crippen LogP contribution in [0.4, 0.5) is 0 Å². The second-order valence-corrected chi connectivity index (χ2v) is 7.43. The van der Waals surface area contributed by atoms with E-state index in [1.165, 1.54) is 24.2 Å². The Bertz CT molecular complexity index is 693. The minimum atomic E-state index is 0.0508. The highest BCUT2D eigenvalue weighted by Crippen LogP contribution is 2.37. The molecule has 1 fully saturated rings. The van der Waals surface area contributed by atoms with Gasteiger partial charge in [0, 0.05) is 25.0 Å². The fraction of sp³-hybridized carbons (Fsp3) is 0.450. The second kappa shape index (κ2) is 8.50. The lowest BCUT2D eigenvalue weighted by Crippen LogP contribution is -2.35. The Kier molecular flexibility index (Phi) is 6.10. The number of likely N-dealkylation sites (tertiary alicyclic amines) is 1. The predicted molar refractivity (Wildman–Crippen MR) is 104 cm³/mol. The Balaban J connectivity index is 1.74. The molecule has 2 heterocycles. The summed E-state index contributed by atoms with van der Waals surface area (Å²) in [6.07, 6.45) is 2.55. The zero-order chi connectivity index (χ0) is 17.6. The summed E-state index contributed by atoms with van der Waals surface area (Å²) >= 11 is 1.52. The molecule has 25 heavy (non-hydrogen) atoms. The van der Waals surface area contributed by atoms with Gasteiger partial charge >= 0.3 is 0 Å². The average Bonchev–Trinajstić information content (AvgIpc) is 3.30. The standard InChI is InChI=1S/C20H26N2O2S/c1-3-24-17-15-18(16-9-5-4-6-10-16)25-19(17)20(23)21(2)13-14-22-11-7-8-12-22/h4-6,9-10,15H,3,7-8,11-14H2,1-2H3. The SMILES string of the molecule is CCOc1cc(-c2ccccc2)sc1C(=O)N(C)CCN1CCCC1. The molecule has 0 spiro atoms. The number of amides is 1. The van der Waals surface area contributed by atoms with E-state index < -0.39 is 0 Å². The van der Waals surface area contributed by atoms with Crippen LogP contribution in [-0.2, 0) is 0 Å². The lowest BCUT2D eigenvalue weighted by molar-refractivity contribution is 0.0783. The molecular weight excluding hydrogens is 332 g/mol. The smallest absolute Gasteiger partial charge is 0.267 e. The molecule has 0 bridgehead atoms. The molecule has 2 aromatic rings. The van der Waals surface area contributed by atoms with Crippen molar-refractivity contribution < 1.29 is 9.53 Å². The summed E-state index contributed by atoms with van der Waals surface area (Å²) in [5.41, 5.74) is 1.12. The maximum Gasteiger partial charge on any atom is 0.267 e. The van der Waals surface area contributed by atoms with Crippen LogP contribution in [0.15, 0.2) is 36.4 Å². The third kappa shape index (κ3) is 4.41. The number of rotatable bonds is 7. The van der Waals surface area contributed by atoms with E-state index >= 15 is 0 Å². The van der Waals surface area contributed by atoms with Gasteiger partial charge in [0.15, 0.2) is 0 Å². The summed E-state index contributed by atoms with van der Waals surface area (Å²) in [5.74, 6) is 0.749. The lowest BCUT2D eigenvalue weighted by Gasteiger charge is -2.21. The van der Waals surface area contributed by atoms with Gasteiger partial charge in [0.1, 0.15) is 10.6 Å². The molecule has 1 aromatic carbocycles. The number of hydrogen-bond donors (Lipinski definition) is 0. The molecule has 1 saturated heterocycles. The van der Waals surface area contributed by atoms with Crippen LogP contribution < -0.4 is 4.74 Å². The van der Waals surface area contributed by atoms with Crippen molar-refractivity contribution in [3.63, 3.8) is 0 Å². The van der Waals surface area contributed by atoms with Crippen LogP contribution in [0.25, 0.3) is 10.4 Å². The molecule has 1 amide bonds. The molecule has 0 N–H and O–H groups in total. The number of carbonyl (C=O) groups excluding carboxylic acids is 1. The molecule has 1 aromatic heterocycles. The van der Waals surface area contributed by atoms with Gasteiger partial charge < -0.3 is 14.5 Å². The quantitative estimate of drug-likeness (QED) is 0.750. The molecule has 3 rings (SSSR count). The molecular formula is C20H26N2O2S. The summed E-state index contributed by atoms with van der Waals surface area (Å²) in [4.78, 5) is 18.9. The Morgan fingerprint density at radius 3 is 2.64 bits per heavy atom. The first-order chi connectivity index (χ1) is 12.2. The summed E-state index contributed by atoms with van der Waals surface area (Å²) in [6.45, 7) is 6.52. The van der Waals surface area contributed by atoms with E-state index in [4.69, 9.17) is 4.74 Å². The monoisotopic (exact) mass is 358 g/mol. The highest BCUT2D eigenvalue weighted by atomic mass is 32.1. The summed E-state index contributed by atoms with van der Waals surface area (Å²) in [7, 11) is 1.88. The number of benzene rings is 1. The maximum absolute atomic E-state index is 12.9. The second-order valence-electron chi connectivity index (χ2n) is 6.38. The van der Waals surface area contributed by atoms with E-state index in [1.54, 1.807) is 0 Å². The third-order valence-electron chi connectivity index (χ3n) is 4.55. The van der Waals surface area contributed by atoms with Crippen molar-refractivity contribution in [2.45, 2.75) is 19.8 Å². The molecule has 0 atom stereocenters. The normalized spacial score (nSPS) is 14.6. The van der Waals surface area contributed by atoms with E-state index in [-0.39, 0.29) is 5.91 Å². The number of hydrogen-bond acceptors (Lipinski definition) is 4. The van der Waals surface area contributed by atoms with Crippen molar-refractivity contribution in [3.8, 4) is 16.2 Å². The fourth-order valence-electron chi connectivity index (χ4n) is 3.10. The van der Waals surface area contributed by atoms with Crippen molar-refractivity contribution >= 4 is 17.2 Å². The van der Waals surface area contributed by atoms with E-state index in [0.717, 1.165) is 36.6 Å². The molecule has 0 unspecified atom stereocenters. The van der Waals surface area contributed by atoms with Gasteiger partial charge in [-0.05, 0) is 44.5 Å². The van der Waals surface area contributed by atoms with Crippen LogP contribution in [0.3, 0.4) is 0 Å². The summed E-state index contributed by atoms with van der Waals surface area (Å²) in [6, 6.07) is 12.1. The number of carbonyl (C=O) groups is 1. The molecule has 0 aliphatic carbocycles. The first kappa shape index (κ1) is 18.0. The van der Waals surface area contributed by atoms with E-state index in [0.29, 0.717) is 17.2 Å². The first-order valence-electron chi connectivity index (χ1n) is 8.99. The van der Waals surface area contributed by atoms with Crippen LogP contribution >= 0.6 is 11.3 Å². The van der Waals surface area contributed by atoms with Crippen molar-refractivity contribution in [1.82, 2.24) is 9.80 Å². The van der Waals surface area contributed by atoms with Crippen molar-refractivity contribution in [2.75, 3.05) is 39.8 Å². The van der Waals surface area contributed by atoms with E-state index in [1.807, 2.05) is 43.1 Å². The van der Waals surface area contributed by atoms with Gasteiger partial charge in [-0.1, -0.05) is 30.3 Å². The lowest BCUT2D eigenvalue weighted by atomic mass is 10.2. The Morgan fingerprint density at radius 1 is 1.24 bits per heavy atom. The minimum absolute atomic E-state index is 0.0508. The molecule has 4 nitrogen and oxygen atoms in total. The van der Waals surface area contributed by atoms with Crippen molar-refractivity contribution in [2.24, 2.45) is 0 Å². The predicted octanol–water partition coefficient (Wildman–Crippen LogP) is 3.98. The summed E-state index contributed by atoms with van der Waals surface area (Å²) < 4.78 is 5.74. The number of ether oxygens (including phenoxy) is 1. The van der Waals surface area contributed by atoms with Gasteiger partial charge in [-0.3, -0.25) is 4.79 Å². The molecule has 1 aliphatic heterocycles. The third-order valence-corrected chi connectivity index (χ3v) is 5.70. The van der Waals surface area contributed by atoms with Gasteiger partial charge in [-0.25, -0.2) is 0 Å². The molecule has 0 radical (unpaired) electrons. The molecule has 1 aliphatic rings. The molecule has 5 heteroatoms. The van der Waals surface area contributed by atoms with Gasteiger partial charge in [0.2, 0.25) is 0 Å². The molecule has 134 valence electrons. The van der Waals surface area contributed by atoms with Crippen LogP contribution in [0, 0.1) is 0 Å². The average molecular weight is 359 g/mol. The number of thiophene rings is 1. The van der Waals surface area contributed by atoms with Gasteiger partial charge in [0.25, 0.3) is 5.91 Å². The molecule has 0 saturated carbocycles. The number of nitrogens with zero attached hydrogens (tertiary/aromatic N) is 2. The van der Waals surface area contributed by atoms with Crippen LogP contribution in [-0.4, -0.2) is 55.5 Å². The van der Waals surface area contributed by atoms with Crippen LogP contribution in [0.5, 0.6) is 5.75 Å². The Labute approximate surface area is 154 Å². The Hall–Kier alpha value is -1.85. The van der Waals surface area contributed by atoms with Gasteiger partial charge in [-0.15, -0.1) is 11.3 Å². The van der Waals surface area contributed by atoms with Crippen molar-refractivity contribution in [3.05, 3.63) is 41.3 Å². The van der Waals surface area contributed by atoms with Crippen molar-refractivity contribution in [1.29, 1.82) is 0 Å². The van der Waals surface area contributed by atoms with Crippen LogP contribution in [0.1, 0.15) is 29.4 Å². The topological polar surface area (TPSA) is 32.8 Å². The first-order valence-corrected chi connectivity index (χ1v) is 9.80. The van der Waals surface area contributed by atoms with Crippen LogP contribution in [0.2, 0.25) is 0 Å². The van der Waals surface area contributed by atoms with Gasteiger partial charge in [-0.2, -0.15) is 0 Å². The Morgan fingerprint density at radius 2 is 1.96 bits per heavy atom. The van der Waals surface area contributed by atoms with E-state index in [9.17, 15) is 4.79 Å². The highest BCUT2D eigenvalue weighted by Gasteiger charge is 2.22. The minimum Gasteiger partial charge on any atom is -0.492 e. The van der Waals surface area contributed by atoms with Gasteiger partial charge in [0.05, 0.1) is 6.61 Å². The zero-order valence-corrected chi connectivity index (χ0v) is 15.8.